The zero-order valence-corrected chi connectivity index (χ0v) is 12.1. The van der Waals surface area contributed by atoms with Gasteiger partial charge in [0.15, 0.2) is 0 Å². The molecule has 1 aromatic rings. The fourth-order valence-electron chi connectivity index (χ4n) is 2.93. The van der Waals surface area contributed by atoms with Gasteiger partial charge in [-0.3, -0.25) is 4.79 Å². The second kappa shape index (κ2) is 5.51. The lowest BCUT2D eigenvalue weighted by Gasteiger charge is -2.34. The number of halogens is 1. The first-order valence-electron chi connectivity index (χ1n) is 6.81. The summed E-state index contributed by atoms with van der Waals surface area (Å²) in [5, 5.41) is 3.38. The van der Waals surface area contributed by atoms with Crippen LogP contribution in [0.25, 0.3) is 0 Å². The second-order valence-electron chi connectivity index (χ2n) is 5.55. The number of carbonyl (C=O) groups excluding carboxylic acids is 1. The maximum absolute atomic E-state index is 12.7. The second-order valence-corrected chi connectivity index (χ2v) is 5.55. The third kappa shape index (κ3) is 2.63. The van der Waals surface area contributed by atoms with E-state index >= 15 is 0 Å². The van der Waals surface area contributed by atoms with Crippen LogP contribution in [0.15, 0.2) is 30.3 Å². The Hall–Kier alpha value is -1.06. The van der Waals surface area contributed by atoms with Crippen LogP contribution in [0.5, 0.6) is 0 Å². The largest absolute Gasteiger partial charge is 0.339 e. The minimum Gasteiger partial charge on any atom is -0.339 e. The van der Waals surface area contributed by atoms with Crippen LogP contribution in [0.2, 0.25) is 0 Å². The molecule has 4 heteroatoms. The molecule has 0 spiro atoms. The molecule has 1 N–H and O–H groups in total. The predicted octanol–water partition coefficient (Wildman–Crippen LogP) is 1.96. The van der Waals surface area contributed by atoms with Crippen molar-refractivity contribution in [3.63, 3.8) is 0 Å². The van der Waals surface area contributed by atoms with E-state index < -0.39 is 0 Å². The Bertz CT molecular complexity index is 445. The van der Waals surface area contributed by atoms with Gasteiger partial charge in [-0.05, 0) is 25.3 Å². The summed E-state index contributed by atoms with van der Waals surface area (Å²) in [4.78, 5) is 14.8. The average molecular weight is 281 g/mol. The van der Waals surface area contributed by atoms with Gasteiger partial charge in [-0.15, -0.1) is 12.4 Å². The van der Waals surface area contributed by atoms with Crippen molar-refractivity contribution in [2.45, 2.75) is 31.2 Å². The summed E-state index contributed by atoms with van der Waals surface area (Å²) < 4.78 is 0. The monoisotopic (exact) mass is 280 g/mol. The lowest BCUT2D eigenvalue weighted by Crippen LogP contribution is -2.53. The molecule has 0 radical (unpaired) electrons. The van der Waals surface area contributed by atoms with E-state index in [9.17, 15) is 4.79 Å². The summed E-state index contributed by atoms with van der Waals surface area (Å²) >= 11 is 0. The molecule has 1 heterocycles. The number of carbonyl (C=O) groups is 1. The Morgan fingerprint density at radius 2 is 2.00 bits per heavy atom. The highest BCUT2D eigenvalue weighted by Gasteiger charge is 2.53. The van der Waals surface area contributed by atoms with Crippen molar-refractivity contribution >= 4 is 18.3 Å². The van der Waals surface area contributed by atoms with Crippen molar-refractivity contribution in [1.29, 1.82) is 0 Å². The topological polar surface area (TPSA) is 32.3 Å². The Morgan fingerprint density at radius 1 is 1.32 bits per heavy atom. The van der Waals surface area contributed by atoms with Crippen LogP contribution in [0.1, 0.15) is 25.3 Å². The zero-order chi connectivity index (χ0) is 12.6. The highest BCUT2D eigenvalue weighted by atomic mass is 35.5. The first-order valence-corrected chi connectivity index (χ1v) is 6.81. The normalized spacial score (nSPS) is 24.5. The minimum atomic E-state index is -0.196. The predicted molar refractivity (Wildman–Crippen MR) is 78.6 cm³/mol. The molecule has 1 atom stereocenters. The molecule has 1 aliphatic heterocycles. The van der Waals surface area contributed by atoms with Crippen LogP contribution in [-0.4, -0.2) is 36.5 Å². The summed E-state index contributed by atoms with van der Waals surface area (Å²) in [7, 11) is 0. The van der Waals surface area contributed by atoms with Crippen molar-refractivity contribution in [3.8, 4) is 0 Å². The van der Waals surface area contributed by atoms with Crippen LogP contribution in [0.3, 0.4) is 0 Å². The molecule has 1 saturated heterocycles. The van der Waals surface area contributed by atoms with E-state index in [0.717, 1.165) is 32.5 Å². The molecular weight excluding hydrogens is 260 g/mol. The van der Waals surface area contributed by atoms with Crippen LogP contribution in [0.4, 0.5) is 0 Å². The maximum atomic E-state index is 12.7. The van der Waals surface area contributed by atoms with Gasteiger partial charge in [-0.25, -0.2) is 0 Å². The van der Waals surface area contributed by atoms with Crippen molar-refractivity contribution < 1.29 is 4.79 Å². The van der Waals surface area contributed by atoms with E-state index in [1.165, 1.54) is 5.56 Å². The first-order chi connectivity index (χ1) is 8.72. The van der Waals surface area contributed by atoms with Gasteiger partial charge < -0.3 is 10.2 Å². The summed E-state index contributed by atoms with van der Waals surface area (Å²) in [6.45, 7) is 4.74. The van der Waals surface area contributed by atoms with Gasteiger partial charge in [-0.1, -0.05) is 30.3 Å². The number of nitrogens with zero attached hydrogens (tertiary/aromatic N) is 1. The molecule has 3 rings (SSSR count). The fraction of sp³-hybridized carbons (Fsp3) is 0.533. The van der Waals surface area contributed by atoms with Gasteiger partial charge in [0.05, 0.1) is 5.41 Å². The van der Waals surface area contributed by atoms with Crippen molar-refractivity contribution in [3.05, 3.63) is 35.9 Å². The number of hydrogen-bond donors (Lipinski definition) is 1. The standard InChI is InChI=1S/C15H20N2O.ClH/c1-12-11-17(10-9-16-12)14(18)15(7-8-15)13-5-3-2-4-6-13;/h2-6,12,16H,7-11H2,1H3;1H/t12-;/m0./s1. The van der Waals surface area contributed by atoms with E-state index in [2.05, 4.69) is 24.4 Å². The lowest BCUT2D eigenvalue weighted by molar-refractivity contribution is -0.135. The molecule has 3 nitrogen and oxygen atoms in total. The molecule has 1 aliphatic carbocycles. The molecule has 2 fully saturated rings. The van der Waals surface area contributed by atoms with Gasteiger partial charge in [0.25, 0.3) is 0 Å². The Morgan fingerprint density at radius 3 is 2.58 bits per heavy atom. The lowest BCUT2D eigenvalue weighted by atomic mass is 9.94. The van der Waals surface area contributed by atoms with Crippen molar-refractivity contribution in [1.82, 2.24) is 10.2 Å². The smallest absolute Gasteiger partial charge is 0.233 e. The van der Waals surface area contributed by atoms with Gasteiger partial charge >= 0.3 is 0 Å². The van der Waals surface area contributed by atoms with E-state index in [-0.39, 0.29) is 17.8 Å². The number of rotatable bonds is 2. The van der Waals surface area contributed by atoms with Crippen LogP contribution < -0.4 is 5.32 Å². The van der Waals surface area contributed by atoms with Crippen molar-refractivity contribution in [2.75, 3.05) is 19.6 Å². The molecule has 2 aliphatic rings. The van der Waals surface area contributed by atoms with Crippen molar-refractivity contribution in [2.24, 2.45) is 0 Å². The van der Waals surface area contributed by atoms with E-state index in [0.29, 0.717) is 11.9 Å². The zero-order valence-electron chi connectivity index (χ0n) is 11.3. The Balaban J connectivity index is 0.00000133. The number of benzene rings is 1. The molecule has 0 unspecified atom stereocenters. The summed E-state index contributed by atoms with van der Waals surface area (Å²) in [5.41, 5.74) is 0.999. The fourth-order valence-corrected chi connectivity index (χ4v) is 2.93. The van der Waals surface area contributed by atoms with Crippen LogP contribution in [0, 0.1) is 0 Å². The minimum absolute atomic E-state index is 0. The summed E-state index contributed by atoms with van der Waals surface area (Å²) in [6.07, 6.45) is 2.02. The molecular formula is C15H21ClN2O. The third-order valence-corrected chi connectivity index (χ3v) is 4.14. The highest BCUT2D eigenvalue weighted by molar-refractivity contribution is 5.91. The Labute approximate surface area is 120 Å². The van der Waals surface area contributed by atoms with E-state index in [1.807, 2.05) is 23.1 Å². The summed E-state index contributed by atoms with van der Waals surface area (Å²) in [6, 6.07) is 10.7. The highest BCUT2D eigenvalue weighted by Crippen LogP contribution is 2.49. The quantitative estimate of drug-likeness (QED) is 0.898. The third-order valence-electron chi connectivity index (χ3n) is 4.14. The molecule has 1 saturated carbocycles. The van der Waals surface area contributed by atoms with Crippen LogP contribution >= 0.6 is 12.4 Å². The number of hydrogen-bond acceptors (Lipinski definition) is 2. The maximum Gasteiger partial charge on any atom is 0.233 e. The number of piperazine rings is 1. The number of nitrogens with one attached hydrogen (secondary N) is 1. The SMILES string of the molecule is C[C@H]1CN(C(=O)C2(c3ccccc3)CC2)CCN1.Cl. The van der Waals surface area contributed by atoms with Gasteiger partial charge in [0.1, 0.15) is 0 Å². The molecule has 0 bridgehead atoms. The molecule has 104 valence electrons. The average Bonchev–Trinajstić information content (AvgIpc) is 3.20. The molecule has 1 amide bonds. The number of amides is 1. The molecule has 0 aromatic heterocycles. The Kier molecular flexibility index (Phi) is 4.16. The van der Waals surface area contributed by atoms with Crippen LogP contribution in [-0.2, 0) is 10.2 Å². The first kappa shape index (κ1) is 14.4. The van der Waals surface area contributed by atoms with Gasteiger partial charge in [0, 0.05) is 25.7 Å². The van der Waals surface area contributed by atoms with Gasteiger partial charge in [0.2, 0.25) is 5.91 Å². The molecule has 1 aromatic carbocycles. The van der Waals surface area contributed by atoms with E-state index in [4.69, 9.17) is 0 Å². The van der Waals surface area contributed by atoms with E-state index in [1.54, 1.807) is 0 Å². The van der Waals surface area contributed by atoms with Gasteiger partial charge in [-0.2, -0.15) is 0 Å². The molecule has 19 heavy (non-hydrogen) atoms. The summed E-state index contributed by atoms with van der Waals surface area (Å²) in [5.74, 6) is 0.335.